The molecule has 1 fully saturated rings. The predicted molar refractivity (Wildman–Crippen MR) is 81.8 cm³/mol. The SMILES string of the molecule is CC1(C)CN(c2c(F)cc(/C=C/C(=O)O)cc2F)CCS1. The van der Waals surface area contributed by atoms with Gasteiger partial charge in [-0.3, -0.25) is 0 Å². The molecule has 1 aliphatic heterocycles. The van der Waals surface area contributed by atoms with Gasteiger partial charge < -0.3 is 10.0 Å². The zero-order valence-corrected chi connectivity index (χ0v) is 12.7. The van der Waals surface area contributed by atoms with E-state index in [0.29, 0.717) is 13.1 Å². The molecule has 0 saturated carbocycles. The first-order valence-electron chi connectivity index (χ1n) is 6.57. The van der Waals surface area contributed by atoms with Crippen molar-refractivity contribution in [3.8, 4) is 0 Å². The zero-order valence-electron chi connectivity index (χ0n) is 11.9. The van der Waals surface area contributed by atoms with Crippen molar-refractivity contribution in [2.45, 2.75) is 18.6 Å². The molecule has 6 heteroatoms. The van der Waals surface area contributed by atoms with E-state index in [0.717, 1.165) is 24.0 Å². The first-order valence-corrected chi connectivity index (χ1v) is 7.56. The van der Waals surface area contributed by atoms with Gasteiger partial charge in [-0.1, -0.05) is 0 Å². The van der Waals surface area contributed by atoms with Gasteiger partial charge in [0.15, 0.2) is 0 Å². The number of rotatable bonds is 3. The summed E-state index contributed by atoms with van der Waals surface area (Å²) in [5.41, 5.74) is 0.164. The van der Waals surface area contributed by atoms with Gasteiger partial charge in [-0.05, 0) is 37.6 Å². The zero-order chi connectivity index (χ0) is 15.6. The minimum atomic E-state index is -1.16. The number of halogens is 2. The standard InChI is InChI=1S/C15H17F2NO2S/c1-15(2)9-18(5-6-21-15)14-11(16)7-10(8-12(14)17)3-4-13(19)20/h3-4,7-8H,5-6,9H2,1-2H3,(H,19,20)/b4-3+. The maximum absolute atomic E-state index is 14.2. The fourth-order valence-electron chi connectivity index (χ4n) is 2.36. The summed E-state index contributed by atoms with van der Waals surface area (Å²) in [7, 11) is 0. The van der Waals surface area contributed by atoms with Gasteiger partial charge >= 0.3 is 5.97 Å². The molecular weight excluding hydrogens is 296 g/mol. The third-order valence-electron chi connectivity index (χ3n) is 3.20. The van der Waals surface area contributed by atoms with Crippen LogP contribution in [0.4, 0.5) is 14.5 Å². The summed E-state index contributed by atoms with van der Waals surface area (Å²) in [4.78, 5) is 12.2. The predicted octanol–water partition coefficient (Wildman–Crippen LogP) is 3.39. The van der Waals surface area contributed by atoms with E-state index in [1.165, 1.54) is 6.08 Å². The van der Waals surface area contributed by atoms with Crippen LogP contribution in [0.5, 0.6) is 0 Å². The molecule has 1 saturated heterocycles. The second-order valence-corrected chi connectivity index (χ2v) is 7.34. The number of benzene rings is 1. The van der Waals surface area contributed by atoms with Crippen LogP contribution in [0.1, 0.15) is 19.4 Å². The lowest BCUT2D eigenvalue weighted by atomic mass is 10.1. The molecule has 0 aromatic heterocycles. The van der Waals surface area contributed by atoms with Crippen LogP contribution in [0.3, 0.4) is 0 Å². The van der Waals surface area contributed by atoms with Gasteiger partial charge in [0.05, 0.1) is 0 Å². The Morgan fingerprint density at radius 2 is 2.00 bits per heavy atom. The fourth-order valence-corrected chi connectivity index (χ4v) is 3.47. The Bertz CT molecular complexity index is 564. The average molecular weight is 313 g/mol. The van der Waals surface area contributed by atoms with Crippen molar-refractivity contribution in [3.05, 3.63) is 35.4 Å². The van der Waals surface area contributed by atoms with Crippen molar-refractivity contribution < 1.29 is 18.7 Å². The molecule has 0 spiro atoms. The van der Waals surface area contributed by atoms with E-state index in [-0.39, 0.29) is 16.0 Å². The van der Waals surface area contributed by atoms with Crippen LogP contribution >= 0.6 is 11.8 Å². The molecule has 1 aliphatic rings. The molecule has 1 N–H and O–H groups in total. The van der Waals surface area contributed by atoms with E-state index < -0.39 is 17.6 Å². The Hall–Kier alpha value is -1.56. The Kier molecular flexibility index (Phi) is 4.56. The van der Waals surface area contributed by atoms with Crippen LogP contribution in [0, 0.1) is 11.6 Å². The van der Waals surface area contributed by atoms with E-state index in [9.17, 15) is 13.6 Å². The van der Waals surface area contributed by atoms with Crippen LogP contribution in [-0.2, 0) is 4.79 Å². The van der Waals surface area contributed by atoms with E-state index in [4.69, 9.17) is 5.11 Å². The summed E-state index contributed by atoms with van der Waals surface area (Å²) in [6.07, 6.45) is 2.03. The summed E-state index contributed by atoms with van der Waals surface area (Å²) in [6, 6.07) is 2.32. The lowest BCUT2D eigenvalue weighted by molar-refractivity contribution is -0.131. The molecule has 1 heterocycles. The minimum Gasteiger partial charge on any atom is -0.478 e. The number of nitrogens with zero attached hydrogens (tertiary/aromatic N) is 1. The first-order chi connectivity index (χ1) is 9.78. The molecule has 0 bridgehead atoms. The molecule has 114 valence electrons. The molecule has 0 amide bonds. The number of carboxylic acids is 1. The van der Waals surface area contributed by atoms with Crippen molar-refractivity contribution in [2.75, 3.05) is 23.7 Å². The van der Waals surface area contributed by atoms with Gasteiger partial charge in [-0.15, -0.1) is 0 Å². The quantitative estimate of drug-likeness (QED) is 0.868. The summed E-state index contributed by atoms with van der Waals surface area (Å²) in [6.45, 7) is 5.25. The second-order valence-electron chi connectivity index (χ2n) is 5.53. The second kappa shape index (κ2) is 6.05. The van der Waals surface area contributed by atoms with Crippen molar-refractivity contribution >= 4 is 29.5 Å². The van der Waals surface area contributed by atoms with Crippen molar-refractivity contribution in [1.29, 1.82) is 0 Å². The number of hydrogen-bond acceptors (Lipinski definition) is 3. The first kappa shape index (κ1) is 15.8. The van der Waals surface area contributed by atoms with Gasteiger partial charge in [0, 0.05) is 29.7 Å². The molecule has 3 nitrogen and oxygen atoms in total. The molecule has 21 heavy (non-hydrogen) atoms. The molecule has 1 aromatic rings. The van der Waals surface area contributed by atoms with Crippen LogP contribution in [0.25, 0.3) is 6.08 Å². The van der Waals surface area contributed by atoms with Gasteiger partial charge in [-0.2, -0.15) is 11.8 Å². The number of carbonyl (C=O) groups is 1. The molecule has 0 atom stereocenters. The van der Waals surface area contributed by atoms with Crippen LogP contribution in [0.15, 0.2) is 18.2 Å². The molecule has 0 aliphatic carbocycles. The largest absolute Gasteiger partial charge is 0.478 e. The lowest BCUT2D eigenvalue weighted by Crippen LogP contribution is -2.43. The lowest BCUT2D eigenvalue weighted by Gasteiger charge is -2.39. The minimum absolute atomic E-state index is 0.0316. The van der Waals surface area contributed by atoms with Gasteiger partial charge in [0.1, 0.15) is 17.3 Å². The van der Waals surface area contributed by atoms with Crippen LogP contribution in [-0.4, -0.2) is 34.7 Å². The van der Waals surface area contributed by atoms with Gasteiger partial charge in [0.25, 0.3) is 0 Å². The summed E-state index contributed by atoms with van der Waals surface area (Å²) >= 11 is 1.78. The highest BCUT2D eigenvalue weighted by molar-refractivity contribution is 8.00. The normalized spacial score (nSPS) is 18.2. The van der Waals surface area contributed by atoms with Crippen molar-refractivity contribution in [1.82, 2.24) is 0 Å². The van der Waals surface area contributed by atoms with E-state index in [1.807, 2.05) is 13.8 Å². The number of aliphatic carboxylic acids is 1. The van der Waals surface area contributed by atoms with Crippen molar-refractivity contribution in [3.63, 3.8) is 0 Å². The smallest absolute Gasteiger partial charge is 0.328 e. The summed E-state index contributed by atoms with van der Waals surface area (Å²) in [5, 5.41) is 8.54. The van der Waals surface area contributed by atoms with Crippen LogP contribution in [0.2, 0.25) is 0 Å². The highest BCUT2D eigenvalue weighted by Crippen LogP contribution is 2.34. The average Bonchev–Trinajstić information content (AvgIpc) is 2.34. The monoisotopic (exact) mass is 313 g/mol. The Labute approximate surface area is 126 Å². The van der Waals surface area contributed by atoms with Crippen LogP contribution < -0.4 is 4.90 Å². The Balaban J connectivity index is 2.31. The number of thioether (sulfide) groups is 1. The highest BCUT2D eigenvalue weighted by Gasteiger charge is 2.30. The third-order valence-corrected chi connectivity index (χ3v) is 4.50. The maximum atomic E-state index is 14.2. The molecule has 0 radical (unpaired) electrons. The summed E-state index contributed by atoms with van der Waals surface area (Å²) < 4.78 is 28.3. The molecule has 2 rings (SSSR count). The molecule has 1 aromatic carbocycles. The van der Waals surface area contributed by atoms with E-state index in [2.05, 4.69) is 0 Å². The summed E-state index contributed by atoms with van der Waals surface area (Å²) in [5.74, 6) is -1.67. The number of hydrogen-bond donors (Lipinski definition) is 1. The fraction of sp³-hybridized carbons (Fsp3) is 0.400. The topological polar surface area (TPSA) is 40.5 Å². The molecular formula is C15H17F2NO2S. The Morgan fingerprint density at radius 1 is 1.38 bits per heavy atom. The number of carboxylic acid groups (broad SMARTS) is 1. The highest BCUT2D eigenvalue weighted by atomic mass is 32.2. The third kappa shape index (κ3) is 3.97. The van der Waals surface area contributed by atoms with E-state index in [1.54, 1.807) is 16.7 Å². The maximum Gasteiger partial charge on any atom is 0.328 e. The van der Waals surface area contributed by atoms with Gasteiger partial charge in [-0.25, -0.2) is 13.6 Å². The van der Waals surface area contributed by atoms with Gasteiger partial charge in [0.2, 0.25) is 0 Å². The number of anilines is 1. The van der Waals surface area contributed by atoms with E-state index >= 15 is 0 Å². The Morgan fingerprint density at radius 3 is 2.52 bits per heavy atom. The molecule has 0 unspecified atom stereocenters. The van der Waals surface area contributed by atoms with Crippen molar-refractivity contribution in [2.24, 2.45) is 0 Å².